The Morgan fingerprint density at radius 3 is 2.53 bits per heavy atom. The van der Waals surface area contributed by atoms with Gasteiger partial charge in [0.15, 0.2) is 0 Å². The molecule has 5 heteroatoms. The Morgan fingerprint density at radius 1 is 1.29 bits per heavy atom. The summed E-state index contributed by atoms with van der Waals surface area (Å²) in [4.78, 5) is 8.44. The molecule has 0 radical (unpaired) electrons. The summed E-state index contributed by atoms with van der Waals surface area (Å²) >= 11 is 0. The van der Waals surface area contributed by atoms with E-state index >= 15 is 0 Å². The molecule has 0 aliphatic rings. The average molecular weight is 238 g/mol. The highest BCUT2D eigenvalue weighted by Crippen LogP contribution is 2.23. The van der Waals surface area contributed by atoms with Crippen LogP contribution in [0.1, 0.15) is 31.5 Å². The van der Waals surface area contributed by atoms with E-state index in [-0.39, 0.29) is 5.95 Å². The fourth-order valence-electron chi connectivity index (χ4n) is 1.78. The molecule has 1 aromatic heterocycles. The average Bonchev–Trinajstić information content (AvgIpc) is 2.26. The van der Waals surface area contributed by atoms with Crippen molar-refractivity contribution in [1.82, 2.24) is 9.97 Å². The molecule has 0 bridgehead atoms. The molecule has 0 amide bonds. The predicted molar refractivity (Wildman–Crippen MR) is 68.9 cm³/mol. The van der Waals surface area contributed by atoms with E-state index in [9.17, 15) is 0 Å². The Morgan fingerprint density at radius 2 is 2.00 bits per heavy atom. The summed E-state index contributed by atoms with van der Waals surface area (Å²) in [5.74, 6) is 1.38. The van der Waals surface area contributed by atoms with E-state index in [1.165, 1.54) is 0 Å². The Hall–Kier alpha value is -1.36. The lowest BCUT2D eigenvalue weighted by Crippen LogP contribution is -2.11. The van der Waals surface area contributed by atoms with Gasteiger partial charge < -0.3 is 16.2 Å². The molecule has 0 atom stereocenters. The quantitative estimate of drug-likeness (QED) is 0.776. The first-order chi connectivity index (χ1) is 8.08. The highest BCUT2D eigenvalue weighted by molar-refractivity contribution is 5.36. The fraction of sp³-hybridized carbons (Fsp3) is 0.667. The van der Waals surface area contributed by atoms with Crippen molar-refractivity contribution in [2.75, 3.05) is 19.4 Å². The van der Waals surface area contributed by atoms with Crippen LogP contribution < -0.4 is 16.2 Å². The summed E-state index contributed by atoms with van der Waals surface area (Å²) < 4.78 is 5.27. The van der Waals surface area contributed by atoms with Crippen LogP contribution in [0.4, 0.5) is 5.95 Å². The highest BCUT2D eigenvalue weighted by Gasteiger charge is 2.14. The van der Waals surface area contributed by atoms with Crippen LogP contribution in [0.3, 0.4) is 0 Å². The summed E-state index contributed by atoms with van der Waals surface area (Å²) in [6, 6.07) is 0. The molecule has 0 unspecified atom stereocenters. The third-order valence-corrected chi connectivity index (χ3v) is 2.50. The number of hydrogen-bond donors (Lipinski definition) is 2. The van der Waals surface area contributed by atoms with Crippen molar-refractivity contribution in [1.29, 1.82) is 0 Å². The van der Waals surface area contributed by atoms with Gasteiger partial charge in [0.1, 0.15) is 0 Å². The number of anilines is 1. The number of hydrogen-bond acceptors (Lipinski definition) is 5. The summed E-state index contributed by atoms with van der Waals surface area (Å²) in [6.45, 7) is 4.95. The van der Waals surface area contributed by atoms with Gasteiger partial charge in [-0.2, -0.15) is 4.98 Å². The van der Waals surface area contributed by atoms with Gasteiger partial charge in [-0.15, -0.1) is 0 Å². The maximum absolute atomic E-state index is 5.68. The third kappa shape index (κ3) is 3.85. The van der Waals surface area contributed by atoms with Gasteiger partial charge in [-0.1, -0.05) is 13.8 Å². The Labute approximate surface area is 103 Å². The topological polar surface area (TPSA) is 87.0 Å². The molecular weight excluding hydrogens is 216 g/mol. The second kappa shape index (κ2) is 6.39. The zero-order valence-electron chi connectivity index (χ0n) is 10.9. The molecule has 0 fully saturated rings. The van der Waals surface area contributed by atoms with Crippen LogP contribution in [0.2, 0.25) is 0 Å². The van der Waals surface area contributed by atoms with Crippen LogP contribution in [-0.4, -0.2) is 23.6 Å². The first kappa shape index (κ1) is 13.7. The van der Waals surface area contributed by atoms with Crippen molar-refractivity contribution >= 4 is 5.95 Å². The molecule has 96 valence electrons. The number of ether oxygens (including phenoxy) is 1. The minimum absolute atomic E-state index is 0.272. The molecule has 4 N–H and O–H groups in total. The van der Waals surface area contributed by atoms with E-state index in [0.29, 0.717) is 18.3 Å². The fourth-order valence-corrected chi connectivity index (χ4v) is 1.78. The lowest BCUT2D eigenvalue weighted by molar-refractivity contribution is 0.389. The number of nitrogen functional groups attached to an aromatic ring is 1. The standard InChI is InChI=1S/C12H22N4O/c1-8(2)7-10-9(5-4-6-13)11(17-3)16-12(14)15-10/h8H,4-7,13H2,1-3H3,(H2,14,15,16). The summed E-state index contributed by atoms with van der Waals surface area (Å²) in [6.07, 6.45) is 2.61. The molecule has 1 heterocycles. The van der Waals surface area contributed by atoms with Gasteiger partial charge in [0.25, 0.3) is 0 Å². The van der Waals surface area contributed by atoms with E-state index in [1.807, 2.05) is 0 Å². The van der Waals surface area contributed by atoms with Crippen molar-refractivity contribution in [3.8, 4) is 5.88 Å². The zero-order chi connectivity index (χ0) is 12.8. The van der Waals surface area contributed by atoms with Crippen molar-refractivity contribution in [3.05, 3.63) is 11.3 Å². The van der Waals surface area contributed by atoms with E-state index in [1.54, 1.807) is 7.11 Å². The Kier molecular flexibility index (Phi) is 5.15. The minimum Gasteiger partial charge on any atom is -0.481 e. The Bertz CT molecular complexity index is 366. The van der Waals surface area contributed by atoms with Crippen molar-refractivity contribution < 1.29 is 4.74 Å². The SMILES string of the molecule is COc1nc(N)nc(CC(C)C)c1CCCN. The number of aromatic nitrogens is 2. The van der Waals surface area contributed by atoms with Gasteiger partial charge in [-0.25, -0.2) is 4.98 Å². The van der Waals surface area contributed by atoms with E-state index in [4.69, 9.17) is 16.2 Å². The lowest BCUT2D eigenvalue weighted by atomic mass is 10.0. The normalized spacial score (nSPS) is 10.9. The van der Waals surface area contributed by atoms with Gasteiger partial charge in [0.05, 0.1) is 12.8 Å². The number of nitrogens with two attached hydrogens (primary N) is 2. The molecule has 0 aromatic carbocycles. The number of methoxy groups -OCH3 is 1. The van der Waals surface area contributed by atoms with E-state index in [0.717, 1.165) is 30.5 Å². The van der Waals surface area contributed by atoms with Crippen LogP contribution in [0, 0.1) is 5.92 Å². The van der Waals surface area contributed by atoms with Gasteiger partial charge in [-0.05, 0) is 31.7 Å². The van der Waals surface area contributed by atoms with Crippen molar-refractivity contribution in [3.63, 3.8) is 0 Å². The molecule has 1 aromatic rings. The van der Waals surface area contributed by atoms with Gasteiger partial charge in [0, 0.05) is 5.56 Å². The lowest BCUT2D eigenvalue weighted by Gasteiger charge is -2.14. The van der Waals surface area contributed by atoms with E-state index in [2.05, 4.69) is 23.8 Å². The minimum atomic E-state index is 0.272. The monoisotopic (exact) mass is 238 g/mol. The van der Waals surface area contributed by atoms with Crippen LogP contribution in [0.15, 0.2) is 0 Å². The molecule has 0 saturated carbocycles. The smallest absolute Gasteiger partial charge is 0.223 e. The summed E-state index contributed by atoms with van der Waals surface area (Å²) in [7, 11) is 1.60. The van der Waals surface area contributed by atoms with Crippen molar-refractivity contribution in [2.45, 2.75) is 33.1 Å². The number of nitrogens with zero attached hydrogens (tertiary/aromatic N) is 2. The summed E-state index contributed by atoms with van der Waals surface area (Å²) in [5.41, 5.74) is 13.3. The maximum atomic E-state index is 5.68. The van der Waals surface area contributed by atoms with Crippen LogP contribution >= 0.6 is 0 Å². The van der Waals surface area contributed by atoms with Gasteiger partial charge in [0.2, 0.25) is 11.8 Å². The first-order valence-corrected chi connectivity index (χ1v) is 5.97. The largest absolute Gasteiger partial charge is 0.481 e. The summed E-state index contributed by atoms with van der Waals surface area (Å²) in [5, 5.41) is 0. The second-order valence-corrected chi connectivity index (χ2v) is 4.51. The Balaban J connectivity index is 3.08. The van der Waals surface area contributed by atoms with Crippen molar-refractivity contribution in [2.24, 2.45) is 11.7 Å². The third-order valence-electron chi connectivity index (χ3n) is 2.50. The highest BCUT2D eigenvalue weighted by atomic mass is 16.5. The molecule has 5 nitrogen and oxygen atoms in total. The second-order valence-electron chi connectivity index (χ2n) is 4.51. The molecule has 0 spiro atoms. The van der Waals surface area contributed by atoms with E-state index < -0.39 is 0 Å². The molecular formula is C12H22N4O. The molecule has 0 aliphatic heterocycles. The predicted octanol–water partition coefficient (Wildman–Crippen LogP) is 1.16. The number of rotatable bonds is 6. The van der Waals surface area contributed by atoms with Crippen LogP contribution in [-0.2, 0) is 12.8 Å². The van der Waals surface area contributed by atoms with Gasteiger partial charge in [-0.3, -0.25) is 0 Å². The zero-order valence-corrected chi connectivity index (χ0v) is 10.9. The molecule has 0 aliphatic carbocycles. The van der Waals surface area contributed by atoms with Gasteiger partial charge >= 0.3 is 0 Å². The first-order valence-electron chi connectivity index (χ1n) is 5.97. The van der Waals surface area contributed by atoms with Crippen LogP contribution in [0.25, 0.3) is 0 Å². The maximum Gasteiger partial charge on any atom is 0.223 e. The van der Waals surface area contributed by atoms with Crippen LogP contribution in [0.5, 0.6) is 5.88 Å². The molecule has 1 rings (SSSR count). The molecule has 17 heavy (non-hydrogen) atoms. The molecule has 0 saturated heterocycles.